The highest BCUT2D eigenvalue weighted by atomic mass is 32.2. The van der Waals surface area contributed by atoms with E-state index in [1.165, 1.54) is 12.1 Å². The standard InChI is InChI=1S/C30H27FN8O3S/c1-16(2)30(40)36-22-9-19(13-32-15-22)20-10-25-27(38-39-29(25)34-14-20)26-11-24-23(4-5-33-28(24)37-26)18-6-17(7-21(31)8-18)12-35-43(3,41)42/h4-11,13-16,35H,12H2,1-3H3,(H,33,37)(H,36,40)(H,34,38,39). The Hall–Kier alpha value is -5.01. The normalized spacial score (nSPS) is 11.9. The highest BCUT2D eigenvalue weighted by molar-refractivity contribution is 7.88. The number of aromatic amines is 2. The van der Waals surface area contributed by atoms with Crippen LogP contribution in [0.1, 0.15) is 19.4 Å². The molecule has 0 unspecified atom stereocenters. The summed E-state index contributed by atoms with van der Waals surface area (Å²) in [4.78, 5) is 28.8. The van der Waals surface area contributed by atoms with Crippen molar-refractivity contribution in [3.8, 4) is 33.6 Å². The lowest BCUT2D eigenvalue weighted by Crippen LogP contribution is -2.21. The van der Waals surface area contributed by atoms with Crippen molar-refractivity contribution in [2.24, 2.45) is 5.92 Å². The number of H-pyrrole nitrogens is 2. The van der Waals surface area contributed by atoms with E-state index in [1.54, 1.807) is 36.9 Å². The van der Waals surface area contributed by atoms with Gasteiger partial charge in [0.05, 0.1) is 29.5 Å². The zero-order valence-electron chi connectivity index (χ0n) is 23.4. The van der Waals surface area contributed by atoms with Gasteiger partial charge < -0.3 is 10.3 Å². The second-order valence-corrected chi connectivity index (χ2v) is 12.4. The lowest BCUT2D eigenvalue weighted by atomic mass is 10.0. The highest BCUT2D eigenvalue weighted by Crippen LogP contribution is 2.35. The predicted molar refractivity (Wildman–Crippen MR) is 163 cm³/mol. The Balaban J connectivity index is 1.38. The Bertz CT molecular complexity index is 2120. The van der Waals surface area contributed by atoms with Gasteiger partial charge >= 0.3 is 0 Å². The molecule has 11 nitrogen and oxygen atoms in total. The number of anilines is 1. The first-order valence-corrected chi connectivity index (χ1v) is 15.3. The molecule has 0 spiro atoms. The molecule has 0 aliphatic rings. The molecule has 5 heterocycles. The number of hydrogen-bond acceptors (Lipinski definition) is 7. The molecule has 0 radical (unpaired) electrons. The van der Waals surface area contributed by atoms with E-state index in [9.17, 15) is 17.6 Å². The highest BCUT2D eigenvalue weighted by Gasteiger charge is 2.17. The number of pyridine rings is 3. The molecule has 0 fully saturated rings. The maximum atomic E-state index is 14.6. The van der Waals surface area contributed by atoms with Crippen LogP contribution in [-0.4, -0.2) is 50.7 Å². The SMILES string of the molecule is CC(C)C(=O)Nc1cncc(-c2cnc3n[nH]c(-c4cc5c(-c6cc(F)cc(CNS(C)(=O)=O)c6)ccnc5[nH]4)c3c2)c1. The van der Waals surface area contributed by atoms with Crippen molar-refractivity contribution in [1.82, 2.24) is 34.9 Å². The number of nitrogens with one attached hydrogen (secondary N) is 4. The van der Waals surface area contributed by atoms with Gasteiger partial charge in [0, 0.05) is 53.0 Å². The van der Waals surface area contributed by atoms with Crippen LogP contribution in [0.25, 0.3) is 55.7 Å². The molecule has 6 rings (SSSR count). The first kappa shape index (κ1) is 28.1. The van der Waals surface area contributed by atoms with E-state index in [0.717, 1.165) is 33.7 Å². The van der Waals surface area contributed by atoms with Crippen LogP contribution in [0.5, 0.6) is 0 Å². The van der Waals surface area contributed by atoms with E-state index in [2.05, 4.69) is 40.2 Å². The predicted octanol–water partition coefficient (Wildman–Crippen LogP) is 5.01. The third-order valence-electron chi connectivity index (χ3n) is 6.88. The van der Waals surface area contributed by atoms with Crippen LogP contribution in [0, 0.1) is 11.7 Å². The Morgan fingerprint density at radius 1 is 0.977 bits per heavy atom. The number of hydrogen-bond donors (Lipinski definition) is 4. The Labute approximate surface area is 246 Å². The monoisotopic (exact) mass is 598 g/mol. The number of fused-ring (bicyclic) bond motifs is 2. The van der Waals surface area contributed by atoms with Crippen LogP contribution in [0.4, 0.5) is 10.1 Å². The molecule has 0 saturated carbocycles. The summed E-state index contributed by atoms with van der Waals surface area (Å²) in [6.07, 6.45) is 7.67. The number of amides is 1. The van der Waals surface area contributed by atoms with Crippen molar-refractivity contribution in [2.75, 3.05) is 11.6 Å². The van der Waals surface area contributed by atoms with Gasteiger partial charge in [-0.05, 0) is 59.2 Å². The second kappa shape index (κ2) is 11.0. The summed E-state index contributed by atoms with van der Waals surface area (Å²) in [6, 6.07) is 11.9. The van der Waals surface area contributed by atoms with Crippen molar-refractivity contribution in [3.63, 3.8) is 0 Å². The fourth-order valence-corrected chi connectivity index (χ4v) is 5.18. The molecule has 1 amide bonds. The molecule has 43 heavy (non-hydrogen) atoms. The van der Waals surface area contributed by atoms with E-state index >= 15 is 0 Å². The summed E-state index contributed by atoms with van der Waals surface area (Å²) >= 11 is 0. The number of rotatable bonds is 8. The van der Waals surface area contributed by atoms with Crippen molar-refractivity contribution in [3.05, 3.63) is 78.6 Å². The molecule has 218 valence electrons. The van der Waals surface area contributed by atoms with Crippen molar-refractivity contribution in [2.45, 2.75) is 20.4 Å². The zero-order valence-corrected chi connectivity index (χ0v) is 24.3. The van der Waals surface area contributed by atoms with Crippen molar-refractivity contribution < 1.29 is 17.6 Å². The average molecular weight is 599 g/mol. The maximum absolute atomic E-state index is 14.6. The van der Waals surface area contributed by atoms with Gasteiger partial charge in [-0.15, -0.1) is 0 Å². The Morgan fingerprint density at radius 3 is 2.58 bits per heavy atom. The summed E-state index contributed by atoms with van der Waals surface area (Å²) in [5, 5.41) is 11.8. The second-order valence-electron chi connectivity index (χ2n) is 10.5. The molecule has 5 aromatic heterocycles. The smallest absolute Gasteiger partial charge is 0.226 e. The van der Waals surface area contributed by atoms with E-state index in [4.69, 9.17) is 0 Å². The third-order valence-corrected chi connectivity index (χ3v) is 7.55. The number of benzene rings is 1. The summed E-state index contributed by atoms with van der Waals surface area (Å²) in [6.45, 7) is 3.61. The van der Waals surface area contributed by atoms with Crippen molar-refractivity contribution >= 4 is 43.7 Å². The molecule has 0 saturated heterocycles. The number of carbonyl (C=O) groups is 1. The first-order chi connectivity index (χ1) is 20.5. The molecule has 4 N–H and O–H groups in total. The van der Waals surface area contributed by atoms with E-state index in [0.29, 0.717) is 39.5 Å². The number of aromatic nitrogens is 6. The molecule has 6 aromatic rings. The van der Waals surface area contributed by atoms with Gasteiger partial charge in [-0.1, -0.05) is 13.8 Å². The number of sulfonamides is 1. The minimum Gasteiger partial charge on any atom is -0.338 e. The molecule has 13 heteroatoms. The molecule has 0 bridgehead atoms. The van der Waals surface area contributed by atoms with Gasteiger partial charge in [0.1, 0.15) is 11.5 Å². The van der Waals surface area contributed by atoms with Gasteiger partial charge in [0.15, 0.2) is 5.65 Å². The summed E-state index contributed by atoms with van der Waals surface area (Å²) in [5.41, 5.74) is 6.41. The number of nitrogens with zero attached hydrogens (tertiary/aromatic N) is 4. The number of carbonyl (C=O) groups excluding carboxylic acids is 1. The Kier molecular flexibility index (Phi) is 7.20. The minimum absolute atomic E-state index is 0.0335. The zero-order chi connectivity index (χ0) is 30.3. The average Bonchev–Trinajstić information content (AvgIpc) is 3.59. The van der Waals surface area contributed by atoms with Crippen molar-refractivity contribution in [1.29, 1.82) is 0 Å². The van der Waals surface area contributed by atoms with Gasteiger partial charge in [0.2, 0.25) is 15.9 Å². The van der Waals surface area contributed by atoms with Crippen LogP contribution in [0.3, 0.4) is 0 Å². The molecular formula is C30H27FN8O3S. The van der Waals surface area contributed by atoms with E-state index in [1.807, 2.05) is 32.0 Å². The lowest BCUT2D eigenvalue weighted by Gasteiger charge is -2.09. The van der Waals surface area contributed by atoms with Crippen LogP contribution in [-0.2, 0) is 21.4 Å². The fourth-order valence-electron chi connectivity index (χ4n) is 4.75. The van der Waals surface area contributed by atoms with E-state index in [-0.39, 0.29) is 18.4 Å². The lowest BCUT2D eigenvalue weighted by molar-refractivity contribution is -0.118. The summed E-state index contributed by atoms with van der Waals surface area (Å²) in [5.74, 6) is -0.748. The maximum Gasteiger partial charge on any atom is 0.226 e. The van der Waals surface area contributed by atoms with Gasteiger partial charge in [0.25, 0.3) is 0 Å². The molecule has 0 atom stereocenters. The fraction of sp³-hybridized carbons (Fsp3) is 0.167. The van der Waals surface area contributed by atoms with Crippen LogP contribution in [0.2, 0.25) is 0 Å². The summed E-state index contributed by atoms with van der Waals surface area (Å²) in [7, 11) is -3.44. The van der Waals surface area contributed by atoms with Crippen LogP contribution in [0.15, 0.2) is 67.3 Å². The van der Waals surface area contributed by atoms with Gasteiger partial charge in [-0.2, -0.15) is 5.10 Å². The Morgan fingerprint density at radius 2 is 1.79 bits per heavy atom. The topological polar surface area (TPSA) is 158 Å². The number of halogens is 1. The quantitative estimate of drug-likeness (QED) is 0.192. The third kappa shape index (κ3) is 5.98. The van der Waals surface area contributed by atoms with E-state index < -0.39 is 15.8 Å². The first-order valence-electron chi connectivity index (χ1n) is 13.4. The molecular weight excluding hydrogens is 571 g/mol. The largest absolute Gasteiger partial charge is 0.338 e. The molecule has 1 aromatic carbocycles. The minimum atomic E-state index is -3.44. The molecule has 0 aliphatic heterocycles. The summed E-state index contributed by atoms with van der Waals surface area (Å²) < 4.78 is 40.1. The van der Waals surface area contributed by atoms with Gasteiger partial charge in [-0.3, -0.25) is 14.9 Å². The van der Waals surface area contributed by atoms with Crippen LogP contribution >= 0.6 is 0 Å². The van der Waals surface area contributed by atoms with Gasteiger partial charge in [-0.25, -0.2) is 27.5 Å². The van der Waals surface area contributed by atoms with Crippen LogP contribution < -0.4 is 10.0 Å². The molecule has 0 aliphatic carbocycles.